The van der Waals surface area contributed by atoms with Gasteiger partial charge >= 0.3 is 6.03 Å². The average Bonchev–Trinajstić information content (AvgIpc) is 3.14. The van der Waals surface area contributed by atoms with Crippen molar-refractivity contribution in [3.63, 3.8) is 0 Å². The number of rotatable bonds is 6. The molecule has 0 radical (unpaired) electrons. The minimum absolute atomic E-state index is 0.177. The van der Waals surface area contributed by atoms with Crippen LogP contribution in [0.1, 0.15) is 16.8 Å². The van der Waals surface area contributed by atoms with E-state index < -0.39 is 0 Å². The number of nitrogens with one attached hydrogen (secondary N) is 2. The van der Waals surface area contributed by atoms with Crippen molar-refractivity contribution in [3.8, 4) is 0 Å². The van der Waals surface area contributed by atoms with E-state index in [0.717, 1.165) is 44.1 Å². The standard InChI is InChI=1S/C17H22N4O2S/c22-17(19-10-16-12-24-13-20-16)18-9-14-3-1-2-4-15(14)11-21-5-7-23-8-6-21/h1-4,12-13H,5-11H2,(H2,18,19,22). The van der Waals surface area contributed by atoms with Crippen molar-refractivity contribution in [2.45, 2.75) is 19.6 Å². The van der Waals surface area contributed by atoms with Crippen molar-refractivity contribution in [2.75, 3.05) is 26.3 Å². The number of thiazole rings is 1. The predicted molar refractivity (Wildman–Crippen MR) is 93.7 cm³/mol. The quantitative estimate of drug-likeness (QED) is 0.839. The number of amides is 2. The first-order valence-corrected chi connectivity index (χ1v) is 9.01. The number of hydrogen-bond acceptors (Lipinski definition) is 5. The van der Waals surface area contributed by atoms with Gasteiger partial charge in [-0.3, -0.25) is 4.90 Å². The van der Waals surface area contributed by atoms with Crippen LogP contribution in [0, 0.1) is 0 Å². The normalized spacial score (nSPS) is 15.2. The zero-order chi connectivity index (χ0) is 16.6. The summed E-state index contributed by atoms with van der Waals surface area (Å²) in [6.07, 6.45) is 0. The zero-order valence-corrected chi connectivity index (χ0v) is 14.3. The van der Waals surface area contributed by atoms with E-state index in [-0.39, 0.29) is 6.03 Å². The summed E-state index contributed by atoms with van der Waals surface area (Å²) in [6.45, 7) is 5.35. The molecule has 0 aliphatic carbocycles. The third kappa shape index (κ3) is 5.02. The van der Waals surface area contributed by atoms with E-state index in [9.17, 15) is 4.79 Å². The molecule has 0 unspecified atom stereocenters. The lowest BCUT2D eigenvalue weighted by Crippen LogP contribution is -2.37. The maximum absolute atomic E-state index is 11.9. The van der Waals surface area contributed by atoms with Crippen LogP contribution in [0.3, 0.4) is 0 Å². The molecule has 1 aromatic carbocycles. The molecular formula is C17H22N4O2S. The van der Waals surface area contributed by atoms with Gasteiger partial charge in [0.25, 0.3) is 0 Å². The second-order valence-corrected chi connectivity index (χ2v) is 6.39. The molecule has 0 bridgehead atoms. The van der Waals surface area contributed by atoms with E-state index in [1.807, 2.05) is 17.5 Å². The summed E-state index contributed by atoms with van der Waals surface area (Å²) in [6, 6.07) is 8.06. The van der Waals surface area contributed by atoms with Gasteiger partial charge in [-0.15, -0.1) is 11.3 Å². The molecule has 24 heavy (non-hydrogen) atoms. The van der Waals surface area contributed by atoms with Crippen LogP contribution < -0.4 is 10.6 Å². The highest BCUT2D eigenvalue weighted by Crippen LogP contribution is 2.13. The molecule has 2 N–H and O–H groups in total. The third-order valence-electron chi connectivity index (χ3n) is 3.97. The van der Waals surface area contributed by atoms with Gasteiger partial charge in [-0.25, -0.2) is 9.78 Å². The van der Waals surface area contributed by atoms with Gasteiger partial charge in [-0.1, -0.05) is 24.3 Å². The van der Waals surface area contributed by atoms with E-state index in [1.54, 1.807) is 5.51 Å². The Hall–Kier alpha value is -1.96. The Balaban J connectivity index is 1.49. The molecule has 1 aromatic heterocycles. The van der Waals surface area contributed by atoms with E-state index in [2.05, 4.69) is 32.7 Å². The molecule has 1 aliphatic rings. The first kappa shape index (κ1) is 16.9. The van der Waals surface area contributed by atoms with Crippen LogP contribution in [-0.2, 0) is 24.4 Å². The topological polar surface area (TPSA) is 66.5 Å². The smallest absolute Gasteiger partial charge is 0.315 e. The molecule has 7 heteroatoms. The fourth-order valence-corrected chi connectivity index (χ4v) is 3.18. The number of carbonyl (C=O) groups is 1. The maximum atomic E-state index is 11.9. The number of aromatic nitrogens is 1. The van der Waals surface area contributed by atoms with E-state index in [1.165, 1.54) is 16.9 Å². The lowest BCUT2D eigenvalue weighted by Gasteiger charge is -2.27. The monoisotopic (exact) mass is 346 g/mol. The summed E-state index contributed by atoms with van der Waals surface area (Å²) in [5.41, 5.74) is 5.03. The van der Waals surface area contributed by atoms with Gasteiger partial charge in [0.05, 0.1) is 31.0 Å². The van der Waals surface area contributed by atoms with Crippen LogP contribution in [0.2, 0.25) is 0 Å². The molecular weight excluding hydrogens is 324 g/mol. The SMILES string of the molecule is O=C(NCc1cscn1)NCc1ccccc1CN1CCOCC1. The maximum Gasteiger partial charge on any atom is 0.315 e. The highest BCUT2D eigenvalue weighted by Gasteiger charge is 2.13. The Morgan fingerprint density at radius 1 is 1.17 bits per heavy atom. The number of ether oxygens (including phenoxy) is 1. The van der Waals surface area contributed by atoms with E-state index >= 15 is 0 Å². The lowest BCUT2D eigenvalue weighted by atomic mass is 10.1. The molecule has 3 rings (SSSR count). The van der Waals surface area contributed by atoms with Crippen molar-refractivity contribution < 1.29 is 9.53 Å². The fraction of sp³-hybridized carbons (Fsp3) is 0.412. The molecule has 128 valence electrons. The Labute approximate surface area is 145 Å². The minimum atomic E-state index is -0.177. The van der Waals surface area contributed by atoms with Crippen molar-refractivity contribution in [3.05, 3.63) is 52.0 Å². The van der Waals surface area contributed by atoms with Gasteiger partial charge < -0.3 is 15.4 Å². The minimum Gasteiger partial charge on any atom is -0.379 e. The first-order chi connectivity index (χ1) is 11.8. The molecule has 0 spiro atoms. The third-order valence-corrected chi connectivity index (χ3v) is 4.60. The van der Waals surface area contributed by atoms with Crippen LogP contribution in [0.15, 0.2) is 35.2 Å². The van der Waals surface area contributed by atoms with Gasteiger partial charge in [0.15, 0.2) is 0 Å². The number of urea groups is 1. The number of benzene rings is 1. The molecule has 6 nitrogen and oxygen atoms in total. The average molecular weight is 346 g/mol. The summed E-state index contributed by atoms with van der Waals surface area (Å²) in [5.74, 6) is 0. The predicted octanol–water partition coefficient (Wildman–Crippen LogP) is 1.97. The number of morpholine rings is 1. The molecule has 1 saturated heterocycles. The van der Waals surface area contributed by atoms with Gasteiger partial charge in [-0.2, -0.15) is 0 Å². The van der Waals surface area contributed by atoms with E-state index in [4.69, 9.17) is 4.74 Å². The van der Waals surface area contributed by atoms with Crippen LogP contribution in [0.5, 0.6) is 0 Å². The zero-order valence-electron chi connectivity index (χ0n) is 13.5. The highest BCUT2D eigenvalue weighted by molar-refractivity contribution is 7.07. The lowest BCUT2D eigenvalue weighted by molar-refractivity contribution is 0.0341. The largest absolute Gasteiger partial charge is 0.379 e. The van der Waals surface area contributed by atoms with Crippen molar-refractivity contribution in [2.24, 2.45) is 0 Å². The molecule has 2 heterocycles. The number of hydrogen-bond donors (Lipinski definition) is 2. The summed E-state index contributed by atoms with van der Waals surface area (Å²) >= 11 is 1.52. The molecule has 1 aliphatic heterocycles. The molecule has 2 amide bonds. The van der Waals surface area contributed by atoms with Crippen molar-refractivity contribution >= 4 is 17.4 Å². The Morgan fingerprint density at radius 3 is 2.67 bits per heavy atom. The van der Waals surface area contributed by atoms with E-state index in [0.29, 0.717) is 13.1 Å². The molecule has 0 saturated carbocycles. The second kappa shape index (κ2) is 8.77. The Morgan fingerprint density at radius 2 is 1.92 bits per heavy atom. The Bertz CT molecular complexity index is 642. The first-order valence-electron chi connectivity index (χ1n) is 8.07. The second-order valence-electron chi connectivity index (χ2n) is 5.67. The van der Waals surface area contributed by atoms with Gasteiger partial charge in [0.2, 0.25) is 0 Å². The van der Waals surface area contributed by atoms with Gasteiger partial charge in [0.1, 0.15) is 0 Å². The summed E-state index contributed by atoms with van der Waals surface area (Å²) in [5, 5.41) is 7.67. The van der Waals surface area contributed by atoms with Crippen LogP contribution >= 0.6 is 11.3 Å². The van der Waals surface area contributed by atoms with Crippen LogP contribution in [-0.4, -0.2) is 42.2 Å². The number of carbonyl (C=O) groups excluding carboxylic acids is 1. The summed E-state index contributed by atoms with van der Waals surface area (Å²) in [7, 11) is 0. The summed E-state index contributed by atoms with van der Waals surface area (Å²) < 4.78 is 5.39. The number of nitrogens with zero attached hydrogens (tertiary/aromatic N) is 2. The van der Waals surface area contributed by atoms with Crippen molar-refractivity contribution in [1.29, 1.82) is 0 Å². The van der Waals surface area contributed by atoms with Gasteiger partial charge in [0, 0.05) is 31.6 Å². The van der Waals surface area contributed by atoms with Crippen molar-refractivity contribution in [1.82, 2.24) is 20.5 Å². The van der Waals surface area contributed by atoms with Crippen LogP contribution in [0.25, 0.3) is 0 Å². The Kier molecular flexibility index (Phi) is 6.17. The fourth-order valence-electron chi connectivity index (χ4n) is 2.62. The molecule has 0 atom stereocenters. The molecule has 2 aromatic rings. The van der Waals surface area contributed by atoms with Gasteiger partial charge in [-0.05, 0) is 11.1 Å². The molecule has 1 fully saturated rings. The van der Waals surface area contributed by atoms with Crippen LogP contribution in [0.4, 0.5) is 4.79 Å². The highest BCUT2D eigenvalue weighted by atomic mass is 32.1. The summed E-state index contributed by atoms with van der Waals surface area (Å²) in [4.78, 5) is 18.5.